The zero-order chi connectivity index (χ0) is 14.0. The second-order valence-corrected chi connectivity index (χ2v) is 5.95. The molecule has 2 fully saturated rings. The zero-order valence-electron chi connectivity index (χ0n) is 11.8. The molecule has 0 spiro atoms. The van der Waals surface area contributed by atoms with E-state index in [9.17, 15) is 9.59 Å². The molecular weight excluding hydrogens is 244 g/mol. The highest BCUT2D eigenvalue weighted by Gasteiger charge is 2.35. The largest absolute Gasteiger partial charge is 0.481 e. The highest BCUT2D eigenvalue weighted by molar-refractivity contribution is 5.77. The lowest BCUT2D eigenvalue weighted by Crippen LogP contribution is -2.53. The van der Waals surface area contributed by atoms with Crippen molar-refractivity contribution in [2.75, 3.05) is 13.6 Å². The van der Waals surface area contributed by atoms with Gasteiger partial charge in [0.2, 0.25) is 0 Å². The van der Waals surface area contributed by atoms with E-state index in [2.05, 4.69) is 0 Å². The summed E-state index contributed by atoms with van der Waals surface area (Å²) >= 11 is 0. The van der Waals surface area contributed by atoms with Gasteiger partial charge in [-0.25, -0.2) is 4.79 Å². The fourth-order valence-corrected chi connectivity index (χ4v) is 3.23. The Hall–Kier alpha value is -1.26. The molecule has 0 aromatic heterocycles. The van der Waals surface area contributed by atoms with E-state index in [0.717, 1.165) is 19.3 Å². The highest BCUT2D eigenvalue weighted by Crippen LogP contribution is 2.27. The van der Waals surface area contributed by atoms with Gasteiger partial charge in [-0.15, -0.1) is 0 Å². The van der Waals surface area contributed by atoms with Crippen molar-refractivity contribution < 1.29 is 14.7 Å². The van der Waals surface area contributed by atoms with Gasteiger partial charge in [-0.1, -0.05) is 12.8 Å². The monoisotopic (exact) mass is 268 g/mol. The first-order valence-corrected chi connectivity index (χ1v) is 7.27. The van der Waals surface area contributed by atoms with Crippen molar-refractivity contribution in [2.45, 2.75) is 57.5 Å². The molecule has 2 aliphatic rings. The number of piperidine rings is 1. The van der Waals surface area contributed by atoms with Gasteiger partial charge in [0.15, 0.2) is 0 Å². The third kappa shape index (κ3) is 3.01. The molecule has 0 radical (unpaired) electrons. The number of rotatable bonds is 2. The number of carboxylic acids is 1. The lowest BCUT2D eigenvalue weighted by molar-refractivity contribution is -0.143. The van der Waals surface area contributed by atoms with Gasteiger partial charge in [0.1, 0.15) is 0 Å². The molecule has 1 saturated heterocycles. The summed E-state index contributed by atoms with van der Waals surface area (Å²) in [6, 6.07) is 0.488. The van der Waals surface area contributed by atoms with Crippen molar-refractivity contribution >= 4 is 12.0 Å². The van der Waals surface area contributed by atoms with E-state index in [1.165, 1.54) is 12.8 Å². The Bertz CT molecular complexity index is 353. The molecule has 1 N–H and O–H groups in total. The minimum absolute atomic E-state index is 0.00495. The Morgan fingerprint density at radius 3 is 2.37 bits per heavy atom. The Morgan fingerprint density at radius 2 is 1.79 bits per heavy atom. The first-order chi connectivity index (χ1) is 9.00. The summed E-state index contributed by atoms with van der Waals surface area (Å²) in [6.07, 6.45) is 5.99. The molecule has 1 aliphatic carbocycles. The average Bonchev–Trinajstić information content (AvgIpc) is 2.91. The number of urea groups is 1. The van der Waals surface area contributed by atoms with Crippen LogP contribution >= 0.6 is 0 Å². The Kier molecular flexibility index (Phi) is 4.32. The fraction of sp³-hybridized carbons (Fsp3) is 0.857. The minimum Gasteiger partial charge on any atom is -0.481 e. The predicted octanol–water partition coefficient (Wildman–Crippen LogP) is 2.17. The third-order valence-corrected chi connectivity index (χ3v) is 4.65. The van der Waals surface area contributed by atoms with Gasteiger partial charge in [-0.3, -0.25) is 4.79 Å². The van der Waals surface area contributed by atoms with E-state index in [4.69, 9.17) is 5.11 Å². The maximum absolute atomic E-state index is 12.5. The van der Waals surface area contributed by atoms with Crippen LogP contribution in [0.15, 0.2) is 0 Å². The van der Waals surface area contributed by atoms with Crippen LogP contribution in [0.5, 0.6) is 0 Å². The van der Waals surface area contributed by atoms with Crippen LogP contribution in [0.3, 0.4) is 0 Å². The standard InChI is InChI=1S/C14H24N2O3/c1-10-7-8-11(13(17)18)9-16(10)14(19)15(2)12-5-3-4-6-12/h10-12H,3-9H2,1-2H3,(H,17,18). The quantitative estimate of drug-likeness (QED) is 0.835. The molecule has 0 bridgehead atoms. The van der Waals surface area contributed by atoms with Crippen LogP contribution in [-0.2, 0) is 4.79 Å². The molecule has 2 rings (SSSR count). The number of carbonyl (C=O) groups excluding carboxylic acids is 1. The number of carbonyl (C=O) groups is 2. The SMILES string of the molecule is CC1CCC(C(=O)O)CN1C(=O)N(C)C1CCCC1. The lowest BCUT2D eigenvalue weighted by atomic mass is 9.94. The van der Waals surface area contributed by atoms with Crippen molar-refractivity contribution in [1.29, 1.82) is 0 Å². The van der Waals surface area contributed by atoms with Crippen molar-refractivity contribution in [3.8, 4) is 0 Å². The van der Waals surface area contributed by atoms with Crippen LogP contribution in [0, 0.1) is 5.92 Å². The summed E-state index contributed by atoms with van der Waals surface area (Å²) in [5, 5.41) is 9.12. The molecule has 0 aromatic rings. The highest BCUT2D eigenvalue weighted by atomic mass is 16.4. The zero-order valence-corrected chi connectivity index (χ0v) is 11.8. The maximum atomic E-state index is 12.5. The number of aliphatic carboxylic acids is 1. The molecule has 2 atom stereocenters. The van der Waals surface area contributed by atoms with E-state index >= 15 is 0 Å². The molecule has 19 heavy (non-hydrogen) atoms. The second kappa shape index (κ2) is 5.80. The van der Waals surface area contributed by atoms with Crippen LogP contribution in [0.25, 0.3) is 0 Å². The van der Waals surface area contributed by atoms with Crippen molar-refractivity contribution in [2.24, 2.45) is 5.92 Å². The number of likely N-dealkylation sites (tertiary alicyclic amines) is 1. The van der Waals surface area contributed by atoms with Crippen molar-refractivity contribution in [3.05, 3.63) is 0 Å². The number of amides is 2. The maximum Gasteiger partial charge on any atom is 0.320 e. The van der Waals surface area contributed by atoms with E-state index in [0.29, 0.717) is 19.0 Å². The molecule has 5 nitrogen and oxygen atoms in total. The smallest absolute Gasteiger partial charge is 0.320 e. The number of hydrogen-bond donors (Lipinski definition) is 1. The summed E-state index contributed by atoms with van der Waals surface area (Å²) < 4.78 is 0. The van der Waals surface area contributed by atoms with Gasteiger partial charge in [-0.05, 0) is 32.6 Å². The Balaban J connectivity index is 2.01. The molecule has 108 valence electrons. The first kappa shape index (κ1) is 14.2. The Morgan fingerprint density at radius 1 is 1.16 bits per heavy atom. The number of hydrogen-bond acceptors (Lipinski definition) is 2. The normalized spacial score (nSPS) is 28.4. The summed E-state index contributed by atoms with van der Waals surface area (Å²) in [6.45, 7) is 2.37. The summed E-state index contributed by atoms with van der Waals surface area (Å²) in [5.41, 5.74) is 0. The molecule has 1 saturated carbocycles. The van der Waals surface area contributed by atoms with Gasteiger partial charge in [-0.2, -0.15) is 0 Å². The van der Waals surface area contributed by atoms with Crippen LogP contribution in [-0.4, -0.2) is 52.6 Å². The van der Waals surface area contributed by atoms with Crippen molar-refractivity contribution in [1.82, 2.24) is 9.80 Å². The predicted molar refractivity (Wildman–Crippen MR) is 71.9 cm³/mol. The fourth-order valence-electron chi connectivity index (χ4n) is 3.23. The van der Waals surface area contributed by atoms with E-state index in [1.807, 2.05) is 18.9 Å². The van der Waals surface area contributed by atoms with Gasteiger partial charge in [0, 0.05) is 25.7 Å². The van der Waals surface area contributed by atoms with Crippen LogP contribution in [0.4, 0.5) is 4.79 Å². The molecule has 5 heteroatoms. The van der Waals surface area contributed by atoms with E-state index in [1.54, 1.807) is 4.90 Å². The van der Waals surface area contributed by atoms with Crippen molar-refractivity contribution in [3.63, 3.8) is 0 Å². The molecule has 2 unspecified atom stereocenters. The third-order valence-electron chi connectivity index (χ3n) is 4.65. The summed E-state index contributed by atoms with van der Waals surface area (Å²) in [4.78, 5) is 27.2. The van der Waals surface area contributed by atoms with Crippen LogP contribution in [0.2, 0.25) is 0 Å². The van der Waals surface area contributed by atoms with E-state index in [-0.39, 0.29) is 12.1 Å². The molecule has 1 heterocycles. The minimum atomic E-state index is -0.784. The van der Waals surface area contributed by atoms with E-state index < -0.39 is 11.9 Å². The van der Waals surface area contributed by atoms with Crippen LogP contribution < -0.4 is 0 Å². The van der Waals surface area contributed by atoms with Gasteiger partial charge in [0.25, 0.3) is 0 Å². The van der Waals surface area contributed by atoms with Gasteiger partial charge < -0.3 is 14.9 Å². The molecule has 0 aromatic carbocycles. The topological polar surface area (TPSA) is 60.9 Å². The van der Waals surface area contributed by atoms with Gasteiger partial charge >= 0.3 is 12.0 Å². The number of carboxylic acid groups (broad SMARTS) is 1. The molecule has 2 amide bonds. The second-order valence-electron chi connectivity index (χ2n) is 5.95. The number of nitrogens with zero attached hydrogens (tertiary/aromatic N) is 2. The van der Waals surface area contributed by atoms with Gasteiger partial charge in [0.05, 0.1) is 5.92 Å². The first-order valence-electron chi connectivity index (χ1n) is 7.27. The molecular formula is C14H24N2O3. The summed E-state index contributed by atoms with van der Waals surface area (Å²) in [5.74, 6) is -1.19. The lowest BCUT2D eigenvalue weighted by Gasteiger charge is -2.40. The van der Waals surface area contributed by atoms with Crippen LogP contribution in [0.1, 0.15) is 45.4 Å². The molecule has 1 aliphatic heterocycles. The Labute approximate surface area is 114 Å². The summed E-state index contributed by atoms with van der Waals surface area (Å²) in [7, 11) is 1.86. The average molecular weight is 268 g/mol.